The van der Waals surface area contributed by atoms with E-state index in [-0.39, 0.29) is 5.15 Å². The Morgan fingerprint density at radius 1 is 1.50 bits per heavy atom. The van der Waals surface area contributed by atoms with Gasteiger partial charge in [-0.25, -0.2) is 8.78 Å². The fraction of sp³-hybridized carbons (Fsp3) is 0.143. The summed E-state index contributed by atoms with van der Waals surface area (Å²) in [7, 11) is 0. The van der Waals surface area contributed by atoms with Crippen molar-refractivity contribution in [2.75, 3.05) is 0 Å². The van der Waals surface area contributed by atoms with Crippen molar-refractivity contribution in [2.24, 2.45) is 0 Å². The van der Waals surface area contributed by atoms with E-state index in [1.165, 1.54) is 0 Å². The predicted octanol–water partition coefficient (Wildman–Crippen LogP) is 2.34. The van der Waals surface area contributed by atoms with Crippen LogP contribution in [0.5, 0.6) is 0 Å². The van der Waals surface area contributed by atoms with Gasteiger partial charge in [-0.05, 0) is 11.6 Å². The summed E-state index contributed by atoms with van der Waals surface area (Å²) >= 11 is 10.4. The van der Waals surface area contributed by atoms with Crippen LogP contribution in [-0.2, 0) is 0 Å². The number of aromatic amines is 1. The van der Waals surface area contributed by atoms with Crippen LogP contribution in [-0.4, -0.2) is 10.2 Å². The molecule has 14 heavy (non-hydrogen) atoms. The largest absolute Gasteiger partial charge is 0.351 e. The van der Waals surface area contributed by atoms with Crippen LogP contribution in [0.3, 0.4) is 0 Å². The molecular weight excluding hydrogens is 239 g/mol. The van der Waals surface area contributed by atoms with E-state index in [2.05, 4.69) is 4.98 Å². The number of aromatic nitrogens is 1. The monoisotopic (exact) mass is 241 g/mol. The molecule has 0 aliphatic rings. The number of hydrogen-bond acceptors (Lipinski definition) is 2. The number of H-pyrrole nitrogens is 1. The molecule has 0 aromatic carbocycles. The highest BCUT2D eigenvalue weighted by Crippen LogP contribution is 2.18. The van der Waals surface area contributed by atoms with Crippen molar-refractivity contribution < 1.29 is 13.6 Å². The number of carbonyl (C=O) groups excluding carboxylic acids is 1. The zero-order chi connectivity index (χ0) is 10.9. The van der Waals surface area contributed by atoms with E-state index < -0.39 is 28.2 Å². The maximum atomic E-state index is 12.2. The summed E-state index contributed by atoms with van der Waals surface area (Å²) in [5, 5.41) is -1.52. The van der Waals surface area contributed by atoms with Crippen LogP contribution in [0.4, 0.5) is 8.78 Å². The van der Waals surface area contributed by atoms with Gasteiger partial charge in [0, 0.05) is 6.20 Å². The van der Waals surface area contributed by atoms with Crippen molar-refractivity contribution in [3.05, 3.63) is 32.7 Å². The first-order chi connectivity index (χ1) is 6.45. The molecule has 1 rings (SSSR count). The summed E-state index contributed by atoms with van der Waals surface area (Å²) in [4.78, 5) is 24.0. The lowest BCUT2D eigenvalue weighted by Crippen LogP contribution is -2.18. The Labute approximate surface area is 86.6 Å². The normalized spacial score (nSPS) is 10.6. The summed E-state index contributed by atoms with van der Waals surface area (Å²) in [6.45, 7) is 0. The van der Waals surface area contributed by atoms with Gasteiger partial charge in [-0.15, -0.1) is 0 Å². The van der Waals surface area contributed by atoms with E-state index in [0.29, 0.717) is 0 Å². The smallest absolute Gasteiger partial charge is 0.269 e. The van der Waals surface area contributed by atoms with Gasteiger partial charge >= 0.3 is 0 Å². The molecule has 0 radical (unpaired) electrons. The van der Waals surface area contributed by atoms with Gasteiger partial charge in [0.15, 0.2) is 0 Å². The second-order valence-corrected chi connectivity index (χ2v) is 3.06. The van der Waals surface area contributed by atoms with Crippen LogP contribution >= 0.6 is 23.2 Å². The Morgan fingerprint density at radius 3 is 2.50 bits per heavy atom. The van der Waals surface area contributed by atoms with Gasteiger partial charge in [-0.1, -0.05) is 11.6 Å². The van der Waals surface area contributed by atoms with Crippen molar-refractivity contribution >= 4 is 28.4 Å². The van der Waals surface area contributed by atoms with Crippen LogP contribution in [0.15, 0.2) is 11.0 Å². The average Bonchev–Trinajstić information content (AvgIpc) is 2.02. The number of carbonyl (C=O) groups is 1. The quantitative estimate of drug-likeness (QED) is 0.639. The Morgan fingerprint density at radius 2 is 2.07 bits per heavy atom. The summed E-state index contributed by atoms with van der Waals surface area (Å²) in [6, 6.07) is 0. The Kier molecular flexibility index (Phi) is 3.23. The van der Waals surface area contributed by atoms with Crippen LogP contribution < -0.4 is 5.43 Å². The molecule has 3 nitrogen and oxygen atoms in total. The number of alkyl halides is 2. The number of nitrogens with one attached hydrogen (secondary N) is 1. The fourth-order valence-corrected chi connectivity index (χ4v) is 1.32. The molecular formula is C7H3Cl2F2NO2. The fourth-order valence-electron chi connectivity index (χ4n) is 0.860. The van der Waals surface area contributed by atoms with E-state index in [1.807, 2.05) is 0 Å². The highest BCUT2D eigenvalue weighted by molar-refractivity contribution is 6.68. The second-order valence-electron chi connectivity index (χ2n) is 2.34. The first-order valence-corrected chi connectivity index (χ1v) is 4.09. The summed E-state index contributed by atoms with van der Waals surface area (Å²) < 4.78 is 24.4. The van der Waals surface area contributed by atoms with Crippen molar-refractivity contribution in [1.29, 1.82) is 0 Å². The van der Waals surface area contributed by atoms with Gasteiger partial charge in [0.1, 0.15) is 10.7 Å². The maximum Gasteiger partial charge on any atom is 0.269 e. The third-order valence-electron chi connectivity index (χ3n) is 1.49. The van der Waals surface area contributed by atoms with E-state index in [0.717, 1.165) is 6.20 Å². The number of hydrogen-bond donors (Lipinski definition) is 1. The van der Waals surface area contributed by atoms with E-state index in [4.69, 9.17) is 23.2 Å². The molecule has 1 aromatic heterocycles. The molecule has 1 heterocycles. The van der Waals surface area contributed by atoms with Gasteiger partial charge in [0.25, 0.3) is 11.7 Å². The van der Waals surface area contributed by atoms with E-state index in [1.54, 1.807) is 0 Å². The highest BCUT2D eigenvalue weighted by Gasteiger charge is 2.20. The summed E-state index contributed by atoms with van der Waals surface area (Å²) in [6.07, 6.45) is -2.23. The second kappa shape index (κ2) is 4.06. The minimum absolute atomic E-state index is 0.348. The topological polar surface area (TPSA) is 49.9 Å². The third-order valence-corrected chi connectivity index (χ3v) is 1.98. The third kappa shape index (κ3) is 1.93. The molecule has 0 atom stereocenters. The Hall–Kier alpha value is -0.940. The van der Waals surface area contributed by atoms with E-state index in [9.17, 15) is 18.4 Å². The number of halogens is 4. The molecule has 0 aliphatic heterocycles. The van der Waals surface area contributed by atoms with Crippen molar-refractivity contribution in [3.8, 4) is 0 Å². The van der Waals surface area contributed by atoms with Crippen molar-refractivity contribution in [2.45, 2.75) is 6.43 Å². The molecule has 0 bridgehead atoms. The van der Waals surface area contributed by atoms with Crippen LogP contribution in [0.1, 0.15) is 22.3 Å². The molecule has 1 aromatic rings. The van der Waals surface area contributed by atoms with Crippen LogP contribution in [0.25, 0.3) is 0 Å². The van der Waals surface area contributed by atoms with Gasteiger partial charge in [0.05, 0.1) is 5.56 Å². The molecule has 1 N–H and O–H groups in total. The minimum Gasteiger partial charge on any atom is -0.351 e. The molecule has 0 aliphatic carbocycles. The Bertz CT molecular complexity index is 430. The zero-order valence-electron chi connectivity index (χ0n) is 6.48. The summed E-state index contributed by atoms with van der Waals surface area (Å²) in [5.41, 5.74) is -2.65. The zero-order valence-corrected chi connectivity index (χ0v) is 7.99. The lowest BCUT2D eigenvalue weighted by molar-refractivity contribution is 0.107. The molecule has 0 spiro atoms. The standard InChI is InChI=1S/C7H3Cl2F2NO2/c8-5-3(6(9)14)4(13)2(1-12-5)7(10)11/h1,7H,(H,12,13). The van der Waals surface area contributed by atoms with Crippen molar-refractivity contribution in [1.82, 2.24) is 4.98 Å². The lowest BCUT2D eigenvalue weighted by atomic mass is 10.2. The molecule has 76 valence electrons. The molecule has 0 amide bonds. The first kappa shape index (κ1) is 11.1. The molecule has 0 fully saturated rings. The molecule has 0 saturated carbocycles. The SMILES string of the molecule is O=C(Cl)c1c(Cl)[nH]cc(C(F)F)c1=O. The van der Waals surface area contributed by atoms with Crippen LogP contribution in [0.2, 0.25) is 5.15 Å². The van der Waals surface area contributed by atoms with Gasteiger partial charge < -0.3 is 4.98 Å². The van der Waals surface area contributed by atoms with Crippen molar-refractivity contribution in [3.63, 3.8) is 0 Å². The molecule has 0 saturated heterocycles. The Balaban J connectivity index is 3.50. The number of pyridine rings is 1. The predicted molar refractivity (Wildman–Crippen MR) is 47.2 cm³/mol. The highest BCUT2D eigenvalue weighted by atomic mass is 35.5. The molecule has 7 heteroatoms. The lowest BCUT2D eigenvalue weighted by Gasteiger charge is -2.01. The minimum atomic E-state index is -2.98. The number of rotatable bonds is 2. The molecule has 0 unspecified atom stereocenters. The maximum absolute atomic E-state index is 12.2. The van der Waals surface area contributed by atoms with Gasteiger partial charge in [-0.3, -0.25) is 9.59 Å². The first-order valence-electron chi connectivity index (χ1n) is 3.34. The average molecular weight is 242 g/mol. The van der Waals surface area contributed by atoms with Gasteiger partial charge in [-0.2, -0.15) is 0 Å². The summed E-state index contributed by atoms with van der Waals surface area (Å²) in [5.74, 6) is 0. The van der Waals surface area contributed by atoms with Crippen LogP contribution in [0, 0.1) is 0 Å². The van der Waals surface area contributed by atoms with E-state index >= 15 is 0 Å². The van der Waals surface area contributed by atoms with Gasteiger partial charge in [0.2, 0.25) is 5.43 Å².